The van der Waals surface area contributed by atoms with E-state index in [-0.39, 0.29) is 12.5 Å². The van der Waals surface area contributed by atoms with Crippen LogP contribution in [0.2, 0.25) is 0 Å². The van der Waals surface area contributed by atoms with Crippen molar-refractivity contribution in [2.45, 2.75) is 26.9 Å². The Hall–Kier alpha value is -3.19. The molecular weight excluding hydrogens is 384 g/mol. The van der Waals surface area contributed by atoms with Crippen molar-refractivity contribution in [1.82, 2.24) is 14.8 Å². The zero-order chi connectivity index (χ0) is 20.4. The van der Waals surface area contributed by atoms with Crippen molar-refractivity contribution in [3.8, 4) is 5.75 Å². The first-order valence-corrected chi connectivity index (χ1v) is 10.1. The van der Waals surface area contributed by atoms with Gasteiger partial charge in [-0.2, -0.15) is 5.10 Å². The van der Waals surface area contributed by atoms with Crippen LogP contribution in [0.25, 0.3) is 10.2 Å². The number of benzene rings is 2. The summed E-state index contributed by atoms with van der Waals surface area (Å²) in [5.41, 5.74) is 3.73. The second-order valence-electron chi connectivity index (χ2n) is 6.88. The molecule has 0 aliphatic rings. The number of rotatable bonds is 6. The molecule has 0 aliphatic carbocycles. The number of ether oxygens (including phenoxy) is 1. The molecule has 0 aliphatic heterocycles. The lowest BCUT2D eigenvalue weighted by atomic mass is 10.2. The van der Waals surface area contributed by atoms with Gasteiger partial charge in [0.2, 0.25) is 0 Å². The summed E-state index contributed by atoms with van der Waals surface area (Å²) in [5.74, 6) is 0.698. The minimum absolute atomic E-state index is 0.0499. The number of anilines is 1. The molecule has 0 unspecified atom stereocenters. The van der Waals surface area contributed by atoms with Gasteiger partial charge in [0.25, 0.3) is 5.91 Å². The fourth-order valence-corrected chi connectivity index (χ4v) is 4.18. The smallest absolute Gasteiger partial charge is 0.250 e. The summed E-state index contributed by atoms with van der Waals surface area (Å²) in [5, 5.41) is 5.10. The van der Waals surface area contributed by atoms with Gasteiger partial charge < -0.3 is 4.74 Å². The number of carbonyl (C=O) groups is 1. The number of nitrogens with zero attached hydrogens (tertiary/aromatic N) is 4. The third kappa shape index (κ3) is 4.14. The SMILES string of the molecule is COc1ccc2sc(N(Cc3ccccc3)C(=O)Cn3nc(C)cc3C)nc2c1. The average molecular weight is 407 g/mol. The van der Waals surface area contributed by atoms with Crippen LogP contribution in [-0.2, 0) is 17.9 Å². The lowest BCUT2D eigenvalue weighted by Crippen LogP contribution is -2.34. The van der Waals surface area contributed by atoms with Crippen LogP contribution in [0, 0.1) is 13.8 Å². The number of hydrogen-bond acceptors (Lipinski definition) is 5. The summed E-state index contributed by atoms with van der Waals surface area (Å²) in [7, 11) is 1.63. The number of carbonyl (C=O) groups excluding carboxylic acids is 1. The van der Waals surface area contributed by atoms with Gasteiger partial charge in [0.1, 0.15) is 12.3 Å². The molecule has 0 radical (unpaired) electrons. The van der Waals surface area contributed by atoms with Gasteiger partial charge >= 0.3 is 0 Å². The third-order valence-electron chi connectivity index (χ3n) is 4.69. The van der Waals surface area contributed by atoms with E-state index in [1.165, 1.54) is 11.3 Å². The molecule has 2 aromatic heterocycles. The maximum atomic E-state index is 13.3. The van der Waals surface area contributed by atoms with E-state index in [0.29, 0.717) is 11.7 Å². The number of hydrogen-bond donors (Lipinski definition) is 0. The molecule has 0 fully saturated rings. The second kappa shape index (κ2) is 8.05. The molecule has 29 heavy (non-hydrogen) atoms. The topological polar surface area (TPSA) is 60.2 Å². The first kappa shape index (κ1) is 19.1. The van der Waals surface area contributed by atoms with Gasteiger partial charge in [0.15, 0.2) is 5.13 Å². The Labute approximate surface area is 173 Å². The molecule has 6 nitrogen and oxygen atoms in total. The molecule has 0 atom stereocenters. The Kier molecular flexibility index (Phi) is 5.31. The molecule has 2 aromatic carbocycles. The normalized spacial score (nSPS) is 11.0. The van der Waals surface area contributed by atoms with Crippen molar-refractivity contribution in [1.29, 1.82) is 0 Å². The lowest BCUT2D eigenvalue weighted by Gasteiger charge is -2.20. The Bertz CT molecular complexity index is 1150. The minimum Gasteiger partial charge on any atom is -0.497 e. The zero-order valence-electron chi connectivity index (χ0n) is 16.6. The number of methoxy groups -OCH3 is 1. The summed E-state index contributed by atoms with van der Waals surface area (Å²) in [4.78, 5) is 19.7. The Morgan fingerprint density at radius 1 is 1.14 bits per heavy atom. The van der Waals surface area contributed by atoms with Crippen molar-refractivity contribution in [3.05, 3.63) is 71.5 Å². The van der Waals surface area contributed by atoms with Crippen LogP contribution in [0.3, 0.4) is 0 Å². The van der Waals surface area contributed by atoms with Gasteiger partial charge in [-0.1, -0.05) is 41.7 Å². The molecule has 0 spiro atoms. The van der Waals surface area contributed by atoms with Crippen LogP contribution >= 0.6 is 11.3 Å². The van der Waals surface area contributed by atoms with E-state index in [1.54, 1.807) is 16.7 Å². The molecular formula is C22H22N4O2S. The minimum atomic E-state index is -0.0499. The molecule has 4 rings (SSSR count). The molecule has 0 saturated carbocycles. The van der Waals surface area contributed by atoms with E-state index in [1.807, 2.05) is 68.4 Å². The van der Waals surface area contributed by atoms with Gasteiger partial charge in [-0.25, -0.2) is 4.98 Å². The summed E-state index contributed by atoms with van der Waals surface area (Å²) < 4.78 is 8.06. The second-order valence-corrected chi connectivity index (χ2v) is 7.89. The molecule has 0 bridgehead atoms. The van der Waals surface area contributed by atoms with E-state index in [2.05, 4.69) is 5.10 Å². The summed E-state index contributed by atoms with van der Waals surface area (Å²) >= 11 is 1.50. The van der Waals surface area contributed by atoms with Crippen molar-refractivity contribution < 1.29 is 9.53 Å². The Morgan fingerprint density at radius 2 is 1.93 bits per heavy atom. The third-order valence-corrected chi connectivity index (χ3v) is 5.75. The molecule has 0 N–H and O–H groups in total. The van der Waals surface area contributed by atoms with Gasteiger partial charge in [-0.3, -0.25) is 14.4 Å². The number of aryl methyl sites for hydroxylation is 2. The summed E-state index contributed by atoms with van der Waals surface area (Å²) in [6.45, 7) is 4.51. The molecule has 7 heteroatoms. The van der Waals surface area contributed by atoms with E-state index in [4.69, 9.17) is 9.72 Å². The van der Waals surface area contributed by atoms with Crippen LogP contribution in [0.4, 0.5) is 5.13 Å². The number of amides is 1. The lowest BCUT2D eigenvalue weighted by molar-refractivity contribution is -0.119. The monoisotopic (exact) mass is 406 g/mol. The van der Waals surface area contributed by atoms with Crippen molar-refractivity contribution in [3.63, 3.8) is 0 Å². The zero-order valence-corrected chi connectivity index (χ0v) is 17.4. The number of fused-ring (bicyclic) bond motifs is 1. The Balaban J connectivity index is 1.69. The van der Waals surface area contributed by atoms with Crippen molar-refractivity contribution >= 4 is 32.6 Å². The fraction of sp³-hybridized carbons (Fsp3) is 0.227. The average Bonchev–Trinajstić information content (AvgIpc) is 3.28. The van der Waals surface area contributed by atoms with Crippen LogP contribution in [-0.4, -0.2) is 27.8 Å². The highest BCUT2D eigenvalue weighted by atomic mass is 32.1. The molecule has 2 heterocycles. The maximum absolute atomic E-state index is 13.3. The molecule has 148 valence electrons. The highest BCUT2D eigenvalue weighted by Crippen LogP contribution is 2.32. The largest absolute Gasteiger partial charge is 0.497 e. The first-order valence-electron chi connectivity index (χ1n) is 9.33. The number of aromatic nitrogens is 3. The molecule has 4 aromatic rings. The highest BCUT2D eigenvalue weighted by Gasteiger charge is 2.21. The first-order chi connectivity index (χ1) is 14.0. The van der Waals surface area contributed by atoms with Gasteiger partial charge in [-0.15, -0.1) is 0 Å². The maximum Gasteiger partial charge on any atom is 0.250 e. The van der Waals surface area contributed by atoms with Crippen LogP contribution in [0.15, 0.2) is 54.6 Å². The van der Waals surface area contributed by atoms with E-state index >= 15 is 0 Å². The Morgan fingerprint density at radius 3 is 2.62 bits per heavy atom. The van der Waals surface area contributed by atoms with Gasteiger partial charge in [-0.05, 0) is 37.6 Å². The van der Waals surface area contributed by atoms with Crippen molar-refractivity contribution in [2.24, 2.45) is 0 Å². The van der Waals surface area contributed by atoms with E-state index in [0.717, 1.165) is 32.9 Å². The van der Waals surface area contributed by atoms with Crippen LogP contribution in [0.1, 0.15) is 17.0 Å². The van der Waals surface area contributed by atoms with Gasteiger partial charge in [0.05, 0.1) is 29.6 Å². The van der Waals surface area contributed by atoms with Crippen LogP contribution < -0.4 is 9.64 Å². The predicted octanol–water partition coefficient (Wildman–Crippen LogP) is 4.35. The van der Waals surface area contributed by atoms with Crippen molar-refractivity contribution in [2.75, 3.05) is 12.0 Å². The highest BCUT2D eigenvalue weighted by molar-refractivity contribution is 7.22. The summed E-state index contributed by atoms with van der Waals surface area (Å²) in [6.07, 6.45) is 0. The van der Waals surface area contributed by atoms with Crippen LogP contribution in [0.5, 0.6) is 5.75 Å². The fourth-order valence-electron chi connectivity index (χ4n) is 3.21. The quantitative estimate of drug-likeness (QED) is 0.478. The van der Waals surface area contributed by atoms with E-state index < -0.39 is 0 Å². The molecule has 1 amide bonds. The summed E-state index contributed by atoms with van der Waals surface area (Å²) in [6, 6.07) is 17.7. The molecule has 0 saturated heterocycles. The number of thiazole rings is 1. The van der Waals surface area contributed by atoms with E-state index in [9.17, 15) is 4.79 Å². The van der Waals surface area contributed by atoms with Gasteiger partial charge in [0, 0.05) is 11.8 Å². The predicted molar refractivity (Wildman–Crippen MR) is 116 cm³/mol. The standard InChI is InChI=1S/C22H22N4O2S/c1-15-11-16(2)26(24-15)14-21(27)25(13-17-7-5-4-6-8-17)22-23-19-12-18(28-3)9-10-20(19)29-22/h4-12H,13-14H2,1-3H3.